The molecule has 3 aromatic rings. The number of carboxylic acid groups (broad SMARTS) is 2. The Balaban J connectivity index is 0.000000631. The SMILES string of the molecule is COc1cccc(OC)c1OCC[NH2+]C[C@@H]1CO[C@H](C(c2ccccc2)c2ccccc2)O1.O=C([O-])C(=O)O. The number of carboxylic acids is 2. The minimum absolute atomic E-state index is 0.0331. The van der Waals surface area contributed by atoms with Crippen LogP contribution in [0.2, 0.25) is 0 Å². The topological polar surface area (TPSA) is 140 Å². The molecule has 0 amide bonds. The van der Waals surface area contributed by atoms with Crippen LogP contribution in [-0.2, 0) is 19.1 Å². The predicted octanol–water partition coefficient (Wildman–Crippen LogP) is 1.04. The first kappa shape index (κ1) is 29.4. The van der Waals surface area contributed by atoms with Gasteiger partial charge in [0.25, 0.3) is 0 Å². The van der Waals surface area contributed by atoms with Crippen LogP contribution in [0.1, 0.15) is 17.0 Å². The van der Waals surface area contributed by atoms with Crippen LogP contribution in [-0.4, -0.2) is 70.0 Å². The maximum absolute atomic E-state index is 9.04. The minimum Gasteiger partial charge on any atom is -0.539 e. The Kier molecular flexibility index (Phi) is 11.6. The smallest absolute Gasteiger partial charge is 0.351 e. The standard InChI is InChI=1S/C27H31NO5.C2H2O4/c1-29-23-14-9-15-24(30-2)26(23)31-17-16-28-18-22-19-32-27(33-22)25(20-10-5-3-6-11-20)21-12-7-4-8-13-21;3-1(4)2(5)6/h3-15,22,25,27-28H,16-19H2,1-2H3;(H,3,4)(H,5,6)/t22-,27+;/m1./s1. The van der Waals surface area contributed by atoms with E-state index in [-0.39, 0.29) is 18.3 Å². The highest BCUT2D eigenvalue weighted by Crippen LogP contribution is 2.36. The lowest BCUT2D eigenvalue weighted by Crippen LogP contribution is -2.87. The normalized spacial score (nSPS) is 16.2. The number of aliphatic carboxylic acids is 2. The molecule has 3 N–H and O–H groups in total. The highest BCUT2D eigenvalue weighted by Gasteiger charge is 2.35. The molecule has 3 aromatic carbocycles. The Morgan fingerprint density at radius 1 is 0.949 bits per heavy atom. The molecule has 10 nitrogen and oxygen atoms in total. The van der Waals surface area contributed by atoms with Crippen molar-refractivity contribution in [1.82, 2.24) is 0 Å². The first-order chi connectivity index (χ1) is 18.9. The summed E-state index contributed by atoms with van der Waals surface area (Å²) in [7, 11) is 3.25. The quantitative estimate of drug-likeness (QED) is 0.270. The van der Waals surface area contributed by atoms with Gasteiger partial charge in [0, 0.05) is 0 Å². The van der Waals surface area contributed by atoms with Crippen molar-refractivity contribution < 1.29 is 48.8 Å². The molecule has 2 atom stereocenters. The minimum atomic E-state index is -2.07. The third-order valence-corrected chi connectivity index (χ3v) is 5.92. The van der Waals surface area contributed by atoms with Crippen LogP contribution in [0.4, 0.5) is 0 Å². The second kappa shape index (κ2) is 15.3. The average Bonchev–Trinajstić information content (AvgIpc) is 3.42. The summed E-state index contributed by atoms with van der Waals surface area (Å²) in [6.45, 7) is 2.70. The van der Waals surface area contributed by atoms with Gasteiger partial charge < -0.3 is 44.0 Å². The van der Waals surface area contributed by atoms with Crippen molar-refractivity contribution in [1.29, 1.82) is 0 Å². The molecule has 1 fully saturated rings. The lowest BCUT2D eigenvalue weighted by Gasteiger charge is -2.23. The van der Waals surface area contributed by atoms with E-state index in [0.29, 0.717) is 30.5 Å². The van der Waals surface area contributed by atoms with Crippen molar-refractivity contribution in [2.45, 2.75) is 18.3 Å². The van der Waals surface area contributed by atoms with Crippen LogP contribution < -0.4 is 24.6 Å². The van der Waals surface area contributed by atoms with E-state index >= 15 is 0 Å². The largest absolute Gasteiger partial charge is 0.539 e. The lowest BCUT2D eigenvalue weighted by molar-refractivity contribution is -0.661. The Hall–Kier alpha value is -4.12. The molecular formula is C29H33NO9. The first-order valence-corrected chi connectivity index (χ1v) is 12.4. The van der Waals surface area contributed by atoms with E-state index in [1.54, 1.807) is 14.2 Å². The molecule has 39 heavy (non-hydrogen) atoms. The molecule has 1 saturated heterocycles. The zero-order chi connectivity index (χ0) is 28.0. The Morgan fingerprint density at radius 3 is 1.97 bits per heavy atom. The van der Waals surface area contributed by atoms with E-state index in [0.717, 1.165) is 13.1 Å². The fraction of sp³-hybridized carbons (Fsp3) is 0.310. The van der Waals surface area contributed by atoms with E-state index in [4.69, 9.17) is 43.5 Å². The van der Waals surface area contributed by atoms with Gasteiger partial charge in [-0.2, -0.15) is 0 Å². The van der Waals surface area contributed by atoms with Gasteiger partial charge in [-0.05, 0) is 23.3 Å². The van der Waals surface area contributed by atoms with Crippen molar-refractivity contribution in [2.75, 3.05) is 40.5 Å². The van der Waals surface area contributed by atoms with Crippen LogP contribution >= 0.6 is 0 Å². The van der Waals surface area contributed by atoms with E-state index in [1.165, 1.54) is 11.1 Å². The second-order valence-corrected chi connectivity index (χ2v) is 8.50. The summed E-state index contributed by atoms with van der Waals surface area (Å²) in [6.07, 6.45) is -0.270. The monoisotopic (exact) mass is 539 g/mol. The molecule has 208 valence electrons. The van der Waals surface area contributed by atoms with Crippen molar-refractivity contribution in [3.63, 3.8) is 0 Å². The van der Waals surface area contributed by atoms with Crippen molar-refractivity contribution in [3.8, 4) is 17.2 Å². The molecular weight excluding hydrogens is 506 g/mol. The molecule has 0 radical (unpaired) electrons. The fourth-order valence-electron chi connectivity index (χ4n) is 4.10. The number of nitrogens with two attached hydrogens (primary N) is 1. The summed E-state index contributed by atoms with van der Waals surface area (Å²) in [4.78, 5) is 18.0. The van der Waals surface area contributed by atoms with Crippen LogP contribution in [0.25, 0.3) is 0 Å². The van der Waals surface area contributed by atoms with Gasteiger partial charge >= 0.3 is 5.97 Å². The van der Waals surface area contributed by atoms with Crippen LogP contribution in [0.3, 0.4) is 0 Å². The van der Waals surface area contributed by atoms with E-state index in [1.807, 2.05) is 30.3 Å². The average molecular weight is 540 g/mol. The fourth-order valence-corrected chi connectivity index (χ4v) is 4.10. The van der Waals surface area contributed by atoms with Crippen LogP contribution in [0.15, 0.2) is 78.9 Å². The number of para-hydroxylation sites is 1. The maximum atomic E-state index is 9.04. The summed E-state index contributed by atoms with van der Waals surface area (Å²) in [5, 5.41) is 18.5. The number of carbonyl (C=O) groups is 2. The Morgan fingerprint density at radius 2 is 1.49 bits per heavy atom. The van der Waals surface area contributed by atoms with Gasteiger partial charge in [-0.15, -0.1) is 0 Å². The van der Waals surface area contributed by atoms with Crippen molar-refractivity contribution >= 4 is 11.9 Å². The van der Waals surface area contributed by atoms with Gasteiger partial charge in [-0.3, -0.25) is 0 Å². The molecule has 0 spiro atoms. The molecule has 1 heterocycles. The summed E-state index contributed by atoms with van der Waals surface area (Å²) in [5.41, 5.74) is 2.38. The summed E-state index contributed by atoms with van der Waals surface area (Å²) in [6, 6.07) is 26.4. The Bertz CT molecular complexity index is 1100. The number of hydrogen-bond acceptors (Lipinski definition) is 8. The zero-order valence-corrected chi connectivity index (χ0v) is 21.9. The van der Waals surface area contributed by atoms with Gasteiger partial charge in [0.2, 0.25) is 5.75 Å². The predicted molar refractivity (Wildman–Crippen MR) is 139 cm³/mol. The third-order valence-electron chi connectivity index (χ3n) is 5.92. The number of ether oxygens (including phenoxy) is 5. The number of methoxy groups -OCH3 is 2. The van der Waals surface area contributed by atoms with E-state index in [2.05, 4.69) is 53.8 Å². The summed E-state index contributed by atoms with van der Waals surface area (Å²) in [5.74, 6) is -2.01. The second-order valence-electron chi connectivity index (χ2n) is 8.50. The first-order valence-electron chi connectivity index (χ1n) is 12.4. The third kappa shape index (κ3) is 8.71. The molecule has 4 rings (SSSR count). The maximum Gasteiger partial charge on any atom is 0.351 e. The van der Waals surface area contributed by atoms with Gasteiger partial charge in [-0.25, -0.2) is 4.79 Å². The van der Waals surface area contributed by atoms with Gasteiger partial charge in [0.05, 0.1) is 26.7 Å². The van der Waals surface area contributed by atoms with Gasteiger partial charge in [0.15, 0.2) is 23.8 Å². The number of rotatable bonds is 11. The Labute approximate surface area is 227 Å². The number of hydrogen-bond donors (Lipinski definition) is 2. The molecule has 0 unspecified atom stereocenters. The number of benzene rings is 3. The van der Waals surface area contributed by atoms with Gasteiger partial charge in [0.1, 0.15) is 25.8 Å². The van der Waals surface area contributed by atoms with Crippen molar-refractivity contribution in [3.05, 3.63) is 90.0 Å². The molecule has 10 heteroatoms. The van der Waals surface area contributed by atoms with E-state index in [9.17, 15) is 0 Å². The highest BCUT2D eigenvalue weighted by atomic mass is 16.7. The summed E-state index contributed by atoms with van der Waals surface area (Å²) < 4.78 is 29.2. The summed E-state index contributed by atoms with van der Waals surface area (Å²) >= 11 is 0. The van der Waals surface area contributed by atoms with Crippen LogP contribution in [0.5, 0.6) is 17.2 Å². The number of quaternary nitrogens is 1. The van der Waals surface area contributed by atoms with Gasteiger partial charge in [-0.1, -0.05) is 66.7 Å². The molecule has 0 bridgehead atoms. The molecule has 1 aliphatic rings. The molecule has 0 saturated carbocycles. The zero-order valence-electron chi connectivity index (χ0n) is 21.9. The molecule has 1 aliphatic heterocycles. The lowest BCUT2D eigenvalue weighted by atomic mass is 9.91. The molecule has 0 aromatic heterocycles. The van der Waals surface area contributed by atoms with Crippen molar-refractivity contribution in [2.24, 2.45) is 0 Å². The highest BCUT2D eigenvalue weighted by molar-refractivity contribution is 6.26. The van der Waals surface area contributed by atoms with Crippen LogP contribution in [0, 0.1) is 0 Å². The van der Waals surface area contributed by atoms with E-state index < -0.39 is 11.9 Å². The number of carbonyl (C=O) groups excluding carboxylic acids is 1. The molecule has 0 aliphatic carbocycles.